The van der Waals surface area contributed by atoms with Gasteiger partial charge in [-0.1, -0.05) is 41.6 Å². The van der Waals surface area contributed by atoms with Crippen LogP contribution in [0.1, 0.15) is 16.8 Å². The molecule has 0 saturated heterocycles. The summed E-state index contributed by atoms with van der Waals surface area (Å²) in [4.78, 5) is 24.0. The summed E-state index contributed by atoms with van der Waals surface area (Å²) in [6.45, 7) is 0.0700. The van der Waals surface area contributed by atoms with Gasteiger partial charge in [0.25, 0.3) is 13.6 Å². The average molecular weight is 482 g/mol. The number of anilines is 1. The molecule has 0 radical (unpaired) electrons. The second kappa shape index (κ2) is 10.6. The number of phosphoric acid groups is 1. The largest absolute Gasteiger partial charge is 0.756 e. The molecule has 0 spiro atoms. The third-order valence-electron chi connectivity index (χ3n) is 4.97. The first-order valence-corrected chi connectivity index (χ1v) is 11.9. The third kappa shape index (κ3) is 6.49. The molecule has 3 heterocycles. The van der Waals surface area contributed by atoms with Crippen LogP contribution in [0, 0.1) is 0 Å². The summed E-state index contributed by atoms with van der Waals surface area (Å²) < 4.78 is 27.7. The maximum absolute atomic E-state index is 10.8. The molecule has 3 aromatic heterocycles. The molecule has 34 heavy (non-hydrogen) atoms. The highest BCUT2D eigenvalue weighted by molar-refractivity contribution is 7.44. The van der Waals surface area contributed by atoms with E-state index in [-0.39, 0.29) is 5.82 Å². The number of hydrogen-bond donors (Lipinski definition) is 2. The average Bonchev–Trinajstić information content (AvgIpc) is 3.28. The summed E-state index contributed by atoms with van der Waals surface area (Å²) in [6, 6.07) is 18.9. The maximum Gasteiger partial charge on any atom is 0.285 e. The lowest BCUT2D eigenvalue weighted by atomic mass is 10.1. The Hall–Kier alpha value is -3.56. The van der Waals surface area contributed by atoms with Crippen molar-refractivity contribution in [3.63, 3.8) is 0 Å². The molecule has 1 aromatic carbocycles. The number of nitrogens with two attached hydrogens (primary N) is 1. The molecule has 4 aromatic rings. The van der Waals surface area contributed by atoms with Crippen LogP contribution in [0.5, 0.6) is 5.88 Å². The molecule has 1 atom stereocenters. The van der Waals surface area contributed by atoms with Gasteiger partial charge in [0.1, 0.15) is 5.56 Å². The second-order valence-corrected chi connectivity index (χ2v) is 8.65. The zero-order chi connectivity index (χ0) is 24.0. The van der Waals surface area contributed by atoms with Crippen molar-refractivity contribution < 1.29 is 32.7 Å². The Morgan fingerprint density at radius 3 is 2.68 bits per heavy atom. The van der Waals surface area contributed by atoms with Crippen LogP contribution >= 0.6 is 7.82 Å². The summed E-state index contributed by atoms with van der Waals surface area (Å²) >= 11 is 0. The number of nitrogens with zero attached hydrogens (tertiary/aromatic N) is 3. The lowest BCUT2D eigenvalue weighted by molar-refractivity contribution is -0.712. The minimum atomic E-state index is -4.87. The van der Waals surface area contributed by atoms with Crippen molar-refractivity contribution >= 4 is 13.6 Å². The van der Waals surface area contributed by atoms with E-state index in [9.17, 15) is 9.46 Å². The van der Waals surface area contributed by atoms with Crippen molar-refractivity contribution in [2.24, 2.45) is 0 Å². The van der Waals surface area contributed by atoms with Crippen LogP contribution in [0.2, 0.25) is 0 Å². The Kier molecular flexibility index (Phi) is 7.34. The quantitative estimate of drug-likeness (QED) is 0.256. The smallest absolute Gasteiger partial charge is 0.285 e. The highest BCUT2D eigenvalue weighted by atomic mass is 31.2. The lowest BCUT2D eigenvalue weighted by Gasteiger charge is -2.14. The molecule has 0 aliphatic heterocycles. The van der Waals surface area contributed by atoms with E-state index in [1.807, 2.05) is 30.3 Å². The summed E-state index contributed by atoms with van der Waals surface area (Å²) in [7, 11) is -4.87. The fourth-order valence-electron chi connectivity index (χ4n) is 3.27. The van der Waals surface area contributed by atoms with Crippen molar-refractivity contribution in [3.05, 3.63) is 89.9 Å². The standard InChI is InChI=1S/C23H23N4O6P/c24-23-20(7-4-11-27(23)16-32-34(28,29)30)21-14-19(26-33-21)13-18-8-9-22(25-15-18)31-12-10-17-5-2-1-3-6-17/h1-9,11,14-15,24H,10,12-13,16H2,(H2,28,29,30). The molecule has 0 bridgehead atoms. The number of rotatable bonds is 10. The number of benzene rings is 1. The number of phosphoric ester groups is 1. The maximum atomic E-state index is 10.8. The highest BCUT2D eigenvalue weighted by Gasteiger charge is 2.18. The SMILES string of the molecule is Nc1c(-c2cc(Cc3ccc(OCCc4ccccc4)nc3)no2)ccc[n+]1COP(=O)([O-])O. The molecule has 0 amide bonds. The zero-order valence-electron chi connectivity index (χ0n) is 18.1. The van der Waals surface area contributed by atoms with Gasteiger partial charge >= 0.3 is 0 Å². The molecular formula is C23H23N4O6P. The first kappa shape index (κ1) is 23.6. The van der Waals surface area contributed by atoms with Crippen LogP contribution in [0.4, 0.5) is 5.82 Å². The first-order chi connectivity index (χ1) is 16.4. The molecule has 0 aliphatic carbocycles. The predicted octanol–water partition coefficient (Wildman–Crippen LogP) is 2.25. The predicted molar refractivity (Wildman–Crippen MR) is 120 cm³/mol. The van der Waals surface area contributed by atoms with Crippen molar-refractivity contribution in [1.29, 1.82) is 0 Å². The van der Waals surface area contributed by atoms with E-state index in [1.54, 1.807) is 24.4 Å². The van der Waals surface area contributed by atoms with E-state index < -0.39 is 14.6 Å². The normalized spacial score (nSPS) is 12.9. The molecule has 1 unspecified atom stereocenters. The van der Waals surface area contributed by atoms with Gasteiger partial charge in [-0.2, -0.15) is 0 Å². The van der Waals surface area contributed by atoms with Gasteiger partial charge in [-0.15, -0.1) is 0 Å². The van der Waals surface area contributed by atoms with Crippen LogP contribution in [0.3, 0.4) is 0 Å². The van der Waals surface area contributed by atoms with Crippen molar-refractivity contribution in [1.82, 2.24) is 10.1 Å². The summed E-state index contributed by atoms with van der Waals surface area (Å²) in [6.07, 6.45) is 4.53. The molecule has 11 heteroatoms. The van der Waals surface area contributed by atoms with Gasteiger partial charge in [0.05, 0.1) is 18.5 Å². The van der Waals surface area contributed by atoms with E-state index in [0.29, 0.717) is 35.9 Å². The molecular weight excluding hydrogens is 459 g/mol. The van der Waals surface area contributed by atoms with Crippen LogP contribution in [-0.2, 0) is 28.7 Å². The second-order valence-electron chi connectivity index (χ2n) is 7.45. The minimum absolute atomic E-state index is 0.192. The molecule has 0 aliphatic rings. The van der Waals surface area contributed by atoms with Crippen LogP contribution in [0.15, 0.2) is 77.6 Å². The van der Waals surface area contributed by atoms with E-state index >= 15 is 0 Å². The number of aromatic nitrogens is 3. The molecule has 176 valence electrons. The van der Waals surface area contributed by atoms with Gasteiger partial charge in [-0.3, -0.25) is 14.8 Å². The molecule has 0 fully saturated rings. The van der Waals surface area contributed by atoms with E-state index in [2.05, 4.69) is 26.8 Å². The van der Waals surface area contributed by atoms with Gasteiger partial charge < -0.3 is 19.0 Å². The number of pyridine rings is 2. The Morgan fingerprint density at radius 1 is 1.12 bits per heavy atom. The van der Waals surface area contributed by atoms with Crippen LogP contribution in [-0.4, -0.2) is 21.6 Å². The summed E-state index contributed by atoms with van der Waals surface area (Å²) in [5.41, 5.74) is 9.40. The molecule has 10 nitrogen and oxygen atoms in total. The fraction of sp³-hybridized carbons (Fsp3) is 0.174. The van der Waals surface area contributed by atoms with E-state index in [1.165, 1.54) is 16.3 Å². The number of hydrogen-bond acceptors (Lipinski definition) is 8. The monoisotopic (exact) mass is 482 g/mol. The van der Waals surface area contributed by atoms with Gasteiger partial charge in [-0.05, 0) is 23.3 Å². The Morgan fingerprint density at radius 2 is 1.94 bits per heavy atom. The van der Waals surface area contributed by atoms with E-state index in [4.69, 9.17) is 19.9 Å². The van der Waals surface area contributed by atoms with Crippen molar-refractivity contribution in [2.75, 3.05) is 12.3 Å². The van der Waals surface area contributed by atoms with Crippen LogP contribution in [0.25, 0.3) is 11.3 Å². The molecule has 4 rings (SSSR count). The summed E-state index contributed by atoms with van der Waals surface area (Å²) in [5.74, 6) is 1.15. The first-order valence-electron chi connectivity index (χ1n) is 10.4. The Bertz CT molecular complexity index is 1270. The Labute approximate surface area is 195 Å². The number of nitrogen functional groups attached to an aromatic ring is 1. The topological polar surface area (TPSA) is 148 Å². The Balaban J connectivity index is 1.36. The van der Waals surface area contributed by atoms with Crippen molar-refractivity contribution in [2.45, 2.75) is 19.6 Å². The van der Waals surface area contributed by atoms with E-state index in [0.717, 1.165) is 12.0 Å². The molecule has 3 N–H and O–H groups in total. The van der Waals surface area contributed by atoms with Crippen molar-refractivity contribution in [3.8, 4) is 17.2 Å². The fourth-order valence-corrected chi connectivity index (χ4v) is 3.54. The van der Waals surface area contributed by atoms with Crippen LogP contribution < -0.4 is 19.9 Å². The number of ether oxygens (including phenoxy) is 1. The zero-order valence-corrected chi connectivity index (χ0v) is 19.0. The van der Waals surface area contributed by atoms with Gasteiger partial charge in [0.2, 0.25) is 5.88 Å². The summed E-state index contributed by atoms with van der Waals surface area (Å²) in [5, 5.41) is 4.08. The minimum Gasteiger partial charge on any atom is -0.756 e. The third-order valence-corrected chi connectivity index (χ3v) is 5.41. The van der Waals surface area contributed by atoms with Gasteiger partial charge in [0, 0.05) is 31.2 Å². The lowest BCUT2D eigenvalue weighted by Crippen LogP contribution is -2.38. The van der Waals surface area contributed by atoms with Gasteiger partial charge in [-0.25, -0.2) is 9.55 Å². The molecule has 0 saturated carbocycles. The van der Waals surface area contributed by atoms with Gasteiger partial charge in [0.15, 0.2) is 12.5 Å². The highest BCUT2D eigenvalue weighted by Crippen LogP contribution is 2.30.